The van der Waals surface area contributed by atoms with E-state index in [1.807, 2.05) is 6.07 Å². The van der Waals surface area contributed by atoms with E-state index in [1.54, 1.807) is 0 Å². The number of hydrogen-bond acceptors (Lipinski definition) is 2. The molecule has 0 radical (unpaired) electrons. The number of anilines is 1. The molecule has 0 amide bonds. The number of hydrogen-bond donors (Lipinski definition) is 1. The van der Waals surface area contributed by atoms with Crippen LogP contribution in [0.4, 0.5) is 5.69 Å². The van der Waals surface area contributed by atoms with Crippen LogP contribution in [0.1, 0.15) is 12.8 Å². The fourth-order valence-corrected chi connectivity index (χ4v) is 1.30. The van der Waals surface area contributed by atoms with Crippen molar-refractivity contribution in [3.63, 3.8) is 0 Å². The molecule has 3 heteroatoms. The molecule has 0 fully saturated rings. The Morgan fingerprint density at radius 1 is 1.14 bits per heavy atom. The fraction of sp³-hybridized carbons (Fsp3) is 0.455. The maximum Gasteiger partial charge on any atom is 0.0363 e. The van der Waals surface area contributed by atoms with Gasteiger partial charge in [-0.3, -0.25) is 0 Å². The molecule has 0 unspecified atom stereocenters. The molecule has 0 aliphatic carbocycles. The van der Waals surface area contributed by atoms with E-state index in [4.69, 9.17) is 5.73 Å². The first-order valence-corrected chi connectivity index (χ1v) is 4.81. The van der Waals surface area contributed by atoms with Crippen LogP contribution in [-0.4, -0.2) is 20.1 Å². The van der Waals surface area contributed by atoms with Crippen molar-refractivity contribution >= 4 is 29.7 Å². The van der Waals surface area contributed by atoms with Gasteiger partial charge in [-0.25, -0.2) is 0 Å². The Labute approximate surface area is 103 Å². The van der Waals surface area contributed by atoms with Gasteiger partial charge >= 0.3 is 0 Å². The molecule has 80 valence electrons. The molecule has 0 aliphatic rings. The summed E-state index contributed by atoms with van der Waals surface area (Å²) in [6, 6.07) is 10.4. The maximum absolute atomic E-state index is 5.43. The Kier molecular flexibility index (Phi) is 7.89. The van der Waals surface area contributed by atoms with Gasteiger partial charge < -0.3 is 10.6 Å². The highest BCUT2D eigenvalue weighted by Gasteiger charge is 1.97. The lowest BCUT2D eigenvalue weighted by molar-refractivity contribution is 0.728. The highest BCUT2D eigenvalue weighted by Crippen LogP contribution is 2.11. The number of benzene rings is 1. The van der Waals surface area contributed by atoms with Crippen molar-refractivity contribution in [1.82, 2.24) is 0 Å². The number of nitrogens with two attached hydrogens (primary N) is 1. The minimum absolute atomic E-state index is 0. The largest absolute Gasteiger partial charge is 0.375 e. The summed E-state index contributed by atoms with van der Waals surface area (Å²) in [5.74, 6) is 0. The quantitative estimate of drug-likeness (QED) is 0.669. The molecular weight excluding hydrogens is 287 g/mol. The minimum Gasteiger partial charge on any atom is -0.375 e. The Balaban J connectivity index is 0.00000169. The predicted octanol–water partition coefficient (Wildman–Crippen LogP) is 2.48. The van der Waals surface area contributed by atoms with Gasteiger partial charge in [0.2, 0.25) is 0 Å². The average Bonchev–Trinajstić information content (AvgIpc) is 2.19. The molecule has 0 aliphatic heterocycles. The second-order valence-electron chi connectivity index (χ2n) is 3.25. The first-order chi connectivity index (χ1) is 6.34. The van der Waals surface area contributed by atoms with Crippen molar-refractivity contribution in [2.24, 2.45) is 5.73 Å². The Morgan fingerprint density at radius 2 is 1.79 bits per heavy atom. The molecule has 14 heavy (non-hydrogen) atoms. The van der Waals surface area contributed by atoms with Crippen molar-refractivity contribution in [2.45, 2.75) is 12.8 Å². The fourth-order valence-electron chi connectivity index (χ4n) is 1.30. The lowest BCUT2D eigenvalue weighted by Crippen LogP contribution is -2.19. The zero-order valence-corrected chi connectivity index (χ0v) is 11.0. The molecule has 0 saturated carbocycles. The van der Waals surface area contributed by atoms with E-state index in [-0.39, 0.29) is 24.0 Å². The van der Waals surface area contributed by atoms with Crippen LogP contribution in [-0.2, 0) is 0 Å². The van der Waals surface area contributed by atoms with Gasteiger partial charge in [0.05, 0.1) is 0 Å². The molecule has 0 saturated heterocycles. The highest BCUT2D eigenvalue weighted by atomic mass is 127. The molecule has 2 N–H and O–H groups in total. The van der Waals surface area contributed by atoms with Gasteiger partial charge in [0, 0.05) is 19.3 Å². The van der Waals surface area contributed by atoms with Gasteiger partial charge in [0.25, 0.3) is 0 Å². The number of halogens is 1. The van der Waals surface area contributed by atoms with Crippen LogP contribution in [0.2, 0.25) is 0 Å². The second kappa shape index (κ2) is 8.05. The van der Waals surface area contributed by atoms with Crippen molar-refractivity contribution in [3.8, 4) is 0 Å². The first-order valence-electron chi connectivity index (χ1n) is 4.81. The van der Waals surface area contributed by atoms with Crippen molar-refractivity contribution < 1.29 is 0 Å². The molecule has 0 spiro atoms. The van der Waals surface area contributed by atoms with E-state index in [0.29, 0.717) is 0 Å². The van der Waals surface area contributed by atoms with E-state index in [9.17, 15) is 0 Å². The summed E-state index contributed by atoms with van der Waals surface area (Å²) in [5.41, 5.74) is 6.71. The summed E-state index contributed by atoms with van der Waals surface area (Å²) in [5, 5.41) is 0. The van der Waals surface area contributed by atoms with Gasteiger partial charge in [-0.05, 0) is 31.5 Å². The zero-order chi connectivity index (χ0) is 9.52. The lowest BCUT2D eigenvalue weighted by atomic mass is 10.2. The minimum atomic E-state index is 0. The van der Waals surface area contributed by atoms with Crippen LogP contribution in [0, 0.1) is 0 Å². The van der Waals surface area contributed by atoms with E-state index >= 15 is 0 Å². The Hall–Kier alpha value is -0.290. The number of para-hydroxylation sites is 1. The van der Waals surface area contributed by atoms with E-state index in [1.165, 1.54) is 12.1 Å². The van der Waals surface area contributed by atoms with Gasteiger partial charge in [-0.15, -0.1) is 24.0 Å². The van der Waals surface area contributed by atoms with Crippen LogP contribution in [0.5, 0.6) is 0 Å². The van der Waals surface area contributed by atoms with Gasteiger partial charge in [-0.1, -0.05) is 18.2 Å². The van der Waals surface area contributed by atoms with Crippen molar-refractivity contribution in [1.29, 1.82) is 0 Å². The van der Waals surface area contributed by atoms with Crippen LogP contribution >= 0.6 is 24.0 Å². The average molecular weight is 306 g/mol. The van der Waals surface area contributed by atoms with E-state index in [0.717, 1.165) is 19.5 Å². The molecule has 0 bridgehead atoms. The monoisotopic (exact) mass is 306 g/mol. The van der Waals surface area contributed by atoms with Gasteiger partial charge in [0.15, 0.2) is 0 Å². The molecule has 1 aromatic carbocycles. The third-order valence-corrected chi connectivity index (χ3v) is 2.14. The smallest absolute Gasteiger partial charge is 0.0363 e. The van der Waals surface area contributed by atoms with Crippen LogP contribution in [0.3, 0.4) is 0 Å². The standard InChI is InChI=1S/C11H18N2.HI/c1-13(10-6-5-9-12)11-7-3-2-4-8-11;/h2-4,7-8H,5-6,9-10,12H2,1H3;1H. The molecule has 2 nitrogen and oxygen atoms in total. The number of rotatable bonds is 5. The molecular formula is C11H19IN2. The summed E-state index contributed by atoms with van der Waals surface area (Å²) in [4.78, 5) is 2.26. The topological polar surface area (TPSA) is 29.3 Å². The third kappa shape index (κ3) is 4.81. The van der Waals surface area contributed by atoms with Gasteiger partial charge in [0.1, 0.15) is 0 Å². The lowest BCUT2D eigenvalue weighted by Gasteiger charge is -2.18. The second-order valence-corrected chi connectivity index (χ2v) is 3.25. The van der Waals surface area contributed by atoms with Crippen molar-refractivity contribution in [2.75, 3.05) is 25.0 Å². The summed E-state index contributed by atoms with van der Waals surface area (Å²) in [6.45, 7) is 1.88. The summed E-state index contributed by atoms with van der Waals surface area (Å²) >= 11 is 0. The van der Waals surface area contributed by atoms with Crippen LogP contribution in [0.15, 0.2) is 30.3 Å². The zero-order valence-electron chi connectivity index (χ0n) is 8.65. The molecule has 1 aromatic rings. The number of nitrogens with zero attached hydrogens (tertiary/aromatic N) is 1. The summed E-state index contributed by atoms with van der Waals surface area (Å²) in [6.07, 6.45) is 2.28. The Bertz CT molecular complexity index is 226. The molecule has 1 rings (SSSR count). The van der Waals surface area contributed by atoms with E-state index < -0.39 is 0 Å². The van der Waals surface area contributed by atoms with Gasteiger partial charge in [-0.2, -0.15) is 0 Å². The number of unbranched alkanes of at least 4 members (excludes halogenated alkanes) is 1. The molecule has 0 heterocycles. The SMILES string of the molecule is CN(CCCCN)c1ccccc1.I. The molecule has 0 atom stereocenters. The normalized spacial score (nSPS) is 9.29. The third-order valence-electron chi connectivity index (χ3n) is 2.14. The predicted molar refractivity (Wildman–Crippen MR) is 73.4 cm³/mol. The Morgan fingerprint density at radius 3 is 2.36 bits per heavy atom. The van der Waals surface area contributed by atoms with Crippen molar-refractivity contribution in [3.05, 3.63) is 30.3 Å². The summed E-state index contributed by atoms with van der Waals surface area (Å²) < 4.78 is 0. The van der Waals surface area contributed by atoms with E-state index in [2.05, 4.69) is 36.2 Å². The van der Waals surface area contributed by atoms with Crippen LogP contribution < -0.4 is 10.6 Å². The first kappa shape index (κ1) is 13.7. The highest BCUT2D eigenvalue weighted by molar-refractivity contribution is 14.0. The maximum atomic E-state index is 5.43. The van der Waals surface area contributed by atoms with Crippen LogP contribution in [0.25, 0.3) is 0 Å². The molecule has 0 aromatic heterocycles. The summed E-state index contributed by atoms with van der Waals surface area (Å²) in [7, 11) is 2.12.